The zero-order chi connectivity index (χ0) is 13.2. The molecule has 0 radical (unpaired) electrons. The number of nitrogens with zero attached hydrogens (tertiary/aromatic N) is 1. The van der Waals surface area contributed by atoms with Crippen molar-refractivity contribution < 1.29 is 19.3 Å². The largest absolute Gasteiger partial charge is 0.480 e. The Labute approximate surface area is 99.5 Å². The first-order chi connectivity index (χ1) is 7.82. The monoisotopic (exact) mass is 264 g/mol. The van der Waals surface area contributed by atoms with Crippen molar-refractivity contribution in [1.82, 2.24) is 10.3 Å². The van der Waals surface area contributed by atoms with Crippen LogP contribution in [-0.4, -0.2) is 45.9 Å². The highest BCUT2D eigenvalue weighted by atomic mass is 31.1. The Bertz CT molecular complexity index is 352. The lowest BCUT2D eigenvalue weighted by Gasteiger charge is -2.41. The standard InChI is InChI=1S/C8H17N4O4P/c1-4(6(13)14)11-5-2-3-12(10)7(15)8(5,9)17-16/h4-5,11H,2-3,9-10,17H2,1H3,(H,13,14)/t4?,5?,8-/m0/s1. The van der Waals surface area contributed by atoms with E-state index >= 15 is 0 Å². The minimum atomic E-state index is -1.61. The minimum absolute atomic E-state index is 0.251. The van der Waals surface area contributed by atoms with Gasteiger partial charge in [-0.2, -0.15) is 0 Å². The summed E-state index contributed by atoms with van der Waals surface area (Å²) < 4.78 is 11.2. The fourth-order valence-corrected chi connectivity index (χ4v) is 2.43. The fourth-order valence-electron chi connectivity index (χ4n) is 1.73. The minimum Gasteiger partial charge on any atom is -0.480 e. The number of nitrogens with one attached hydrogen (secondary N) is 1. The first-order valence-corrected chi connectivity index (χ1v) is 6.18. The normalized spacial score (nSPS) is 32.1. The summed E-state index contributed by atoms with van der Waals surface area (Å²) in [6.45, 7) is 1.68. The van der Waals surface area contributed by atoms with Crippen molar-refractivity contribution in [2.75, 3.05) is 6.54 Å². The van der Waals surface area contributed by atoms with E-state index in [0.717, 1.165) is 5.01 Å². The van der Waals surface area contributed by atoms with E-state index in [2.05, 4.69) is 5.32 Å². The molecule has 0 aliphatic carbocycles. The van der Waals surface area contributed by atoms with Gasteiger partial charge in [-0.3, -0.25) is 19.9 Å². The van der Waals surface area contributed by atoms with Crippen LogP contribution in [0.3, 0.4) is 0 Å². The number of hydrazine groups is 1. The van der Waals surface area contributed by atoms with Crippen molar-refractivity contribution >= 4 is 20.3 Å². The van der Waals surface area contributed by atoms with Crippen LogP contribution >= 0.6 is 8.46 Å². The number of hydrogen-bond donors (Lipinski definition) is 4. The quantitative estimate of drug-likeness (QED) is 0.260. The summed E-state index contributed by atoms with van der Waals surface area (Å²) in [5, 5.41) is 10.8. The van der Waals surface area contributed by atoms with E-state index in [1.165, 1.54) is 6.92 Å². The highest BCUT2D eigenvalue weighted by Gasteiger charge is 2.47. The van der Waals surface area contributed by atoms with Gasteiger partial charge in [0.05, 0.1) is 8.46 Å². The van der Waals surface area contributed by atoms with Crippen LogP contribution in [-0.2, 0) is 14.2 Å². The molecule has 1 saturated heterocycles. The molecule has 0 aromatic carbocycles. The smallest absolute Gasteiger partial charge is 0.320 e. The predicted octanol–water partition coefficient (Wildman–Crippen LogP) is -2.06. The van der Waals surface area contributed by atoms with Crippen LogP contribution in [0.4, 0.5) is 0 Å². The van der Waals surface area contributed by atoms with Crippen LogP contribution < -0.4 is 16.9 Å². The molecular formula is C8H17N4O4P. The third kappa shape index (κ3) is 2.66. The molecule has 0 aromatic rings. The van der Waals surface area contributed by atoms with Gasteiger partial charge in [0.1, 0.15) is 6.04 Å². The maximum absolute atomic E-state index is 11.7. The van der Waals surface area contributed by atoms with Crippen molar-refractivity contribution in [3.05, 3.63) is 0 Å². The number of carbonyl (C=O) groups excluding carboxylic acids is 1. The van der Waals surface area contributed by atoms with Crippen LogP contribution in [0.5, 0.6) is 0 Å². The highest BCUT2D eigenvalue weighted by molar-refractivity contribution is 7.27. The molecule has 0 spiro atoms. The maximum Gasteiger partial charge on any atom is 0.320 e. The molecule has 3 unspecified atom stereocenters. The summed E-state index contributed by atoms with van der Waals surface area (Å²) in [6.07, 6.45) is 0.367. The molecule has 1 amide bonds. The zero-order valence-electron chi connectivity index (χ0n) is 9.42. The van der Waals surface area contributed by atoms with E-state index < -0.39 is 37.7 Å². The topological polar surface area (TPSA) is 139 Å². The van der Waals surface area contributed by atoms with Crippen LogP contribution in [0.1, 0.15) is 13.3 Å². The summed E-state index contributed by atoms with van der Waals surface area (Å²) >= 11 is 0. The lowest BCUT2D eigenvalue weighted by atomic mass is 9.98. The number of aliphatic carboxylic acids is 1. The first-order valence-electron chi connectivity index (χ1n) is 5.13. The number of rotatable bonds is 4. The molecule has 1 aliphatic heterocycles. The van der Waals surface area contributed by atoms with E-state index in [-0.39, 0.29) is 6.54 Å². The third-order valence-corrected chi connectivity index (χ3v) is 3.92. The van der Waals surface area contributed by atoms with Gasteiger partial charge in [0.2, 0.25) is 0 Å². The Balaban J connectivity index is 2.87. The van der Waals surface area contributed by atoms with Crippen molar-refractivity contribution in [3.8, 4) is 0 Å². The van der Waals surface area contributed by atoms with E-state index in [1.54, 1.807) is 0 Å². The van der Waals surface area contributed by atoms with Gasteiger partial charge < -0.3 is 15.4 Å². The van der Waals surface area contributed by atoms with E-state index in [1.807, 2.05) is 0 Å². The van der Waals surface area contributed by atoms with E-state index in [9.17, 15) is 14.2 Å². The molecule has 6 N–H and O–H groups in total. The molecule has 0 bridgehead atoms. The zero-order valence-corrected chi connectivity index (χ0v) is 10.6. The third-order valence-electron chi connectivity index (χ3n) is 2.88. The van der Waals surface area contributed by atoms with Crippen molar-refractivity contribution in [2.45, 2.75) is 30.7 Å². The van der Waals surface area contributed by atoms with Crippen LogP contribution in [0, 0.1) is 0 Å². The number of hydrogen-bond acceptors (Lipinski definition) is 6. The Morgan fingerprint density at radius 1 is 1.76 bits per heavy atom. The number of carbonyl (C=O) groups is 2. The van der Waals surface area contributed by atoms with E-state index in [4.69, 9.17) is 16.7 Å². The summed E-state index contributed by atoms with van der Waals surface area (Å²) in [4.78, 5) is 22.5. The summed E-state index contributed by atoms with van der Waals surface area (Å²) in [6, 6.07) is -1.51. The SMILES string of the molecule is CC(NC1CCN(N)C(=O)[C@@]1(N)[PH2]=O)C(=O)O. The number of carboxylic acids is 1. The van der Waals surface area contributed by atoms with Crippen molar-refractivity contribution in [2.24, 2.45) is 11.6 Å². The molecule has 98 valence electrons. The molecule has 1 aliphatic rings. The average molecular weight is 264 g/mol. The highest BCUT2D eigenvalue weighted by Crippen LogP contribution is 2.29. The van der Waals surface area contributed by atoms with Gasteiger partial charge >= 0.3 is 5.97 Å². The first kappa shape index (κ1) is 14.1. The number of piperidine rings is 1. The average Bonchev–Trinajstić information content (AvgIpc) is 2.29. The number of nitrogens with two attached hydrogens (primary N) is 2. The lowest BCUT2D eigenvalue weighted by Crippen LogP contribution is -2.69. The fraction of sp³-hybridized carbons (Fsp3) is 0.750. The van der Waals surface area contributed by atoms with Gasteiger partial charge in [0.15, 0.2) is 5.28 Å². The number of amides is 1. The van der Waals surface area contributed by atoms with Gasteiger partial charge in [-0.05, 0) is 13.3 Å². The molecule has 17 heavy (non-hydrogen) atoms. The lowest BCUT2D eigenvalue weighted by molar-refractivity contribution is -0.142. The van der Waals surface area contributed by atoms with Crippen LogP contribution in [0.25, 0.3) is 0 Å². The Morgan fingerprint density at radius 2 is 2.35 bits per heavy atom. The Kier molecular flexibility index (Phi) is 4.26. The molecule has 1 heterocycles. The molecule has 0 aromatic heterocycles. The summed E-state index contributed by atoms with van der Waals surface area (Å²) in [7, 11) is -1.61. The molecule has 0 saturated carbocycles. The predicted molar refractivity (Wildman–Crippen MR) is 61.9 cm³/mol. The van der Waals surface area contributed by atoms with Crippen LogP contribution in [0.2, 0.25) is 0 Å². The van der Waals surface area contributed by atoms with Gasteiger partial charge in [-0.1, -0.05) is 0 Å². The van der Waals surface area contributed by atoms with Crippen molar-refractivity contribution in [3.63, 3.8) is 0 Å². The molecular weight excluding hydrogens is 247 g/mol. The second-order valence-corrected chi connectivity index (χ2v) is 5.31. The van der Waals surface area contributed by atoms with Gasteiger partial charge in [-0.15, -0.1) is 0 Å². The molecule has 4 atom stereocenters. The molecule has 8 nitrogen and oxygen atoms in total. The molecule has 1 rings (SSSR count). The second kappa shape index (κ2) is 5.14. The Hall–Kier alpha value is -0.950. The number of carboxylic acid groups (broad SMARTS) is 1. The van der Waals surface area contributed by atoms with Gasteiger partial charge in [0.25, 0.3) is 5.91 Å². The summed E-state index contributed by atoms with van der Waals surface area (Å²) in [5.74, 6) is 3.74. The van der Waals surface area contributed by atoms with E-state index in [0.29, 0.717) is 6.42 Å². The molecule has 1 fully saturated rings. The maximum atomic E-state index is 11.7. The molecule has 9 heteroatoms. The second-order valence-electron chi connectivity index (χ2n) is 4.12. The van der Waals surface area contributed by atoms with Gasteiger partial charge in [-0.25, -0.2) is 5.84 Å². The summed E-state index contributed by atoms with van der Waals surface area (Å²) in [5.41, 5.74) is 5.78. The van der Waals surface area contributed by atoms with Crippen molar-refractivity contribution in [1.29, 1.82) is 0 Å². The van der Waals surface area contributed by atoms with Crippen LogP contribution in [0.15, 0.2) is 0 Å². The Morgan fingerprint density at radius 3 is 2.82 bits per heavy atom. The van der Waals surface area contributed by atoms with Gasteiger partial charge in [0, 0.05) is 12.6 Å².